The third kappa shape index (κ3) is 4.97. The van der Waals surface area contributed by atoms with E-state index in [9.17, 15) is 9.59 Å². The van der Waals surface area contributed by atoms with Crippen molar-refractivity contribution in [2.75, 3.05) is 19.8 Å². The second-order valence-corrected chi connectivity index (χ2v) is 7.41. The summed E-state index contributed by atoms with van der Waals surface area (Å²) in [6.45, 7) is 7.53. The van der Waals surface area contributed by atoms with E-state index < -0.39 is 5.60 Å². The molecule has 0 aromatic heterocycles. The van der Waals surface area contributed by atoms with Gasteiger partial charge in [0.1, 0.15) is 11.4 Å². The SMILES string of the molecule is CC(C)(C)OC(=O)N1CCCCCC1CC(=O)C1CCOC1. The van der Waals surface area contributed by atoms with E-state index in [0.29, 0.717) is 26.2 Å². The van der Waals surface area contributed by atoms with Gasteiger partial charge in [-0.3, -0.25) is 4.79 Å². The number of hydrogen-bond acceptors (Lipinski definition) is 4. The summed E-state index contributed by atoms with van der Waals surface area (Å²) < 4.78 is 10.8. The van der Waals surface area contributed by atoms with E-state index in [0.717, 1.165) is 32.1 Å². The van der Waals surface area contributed by atoms with Crippen molar-refractivity contribution in [1.29, 1.82) is 0 Å². The third-order valence-corrected chi connectivity index (χ3v) is 4.33. The molecule has 0 aromatic carbocycles. The maximum atomic E-state index is 12.4. The second kappa shape index (κ2) is 7.44. The Balaban J connectivity index is 2.00. The van der Waals surface area contributed by atoms with E-state index in [-0.39, 0.29) is 23.8 Å². The molecule has 126 valence electrons. The Morgan fingerprint density at radius 1 is 1.18 bits per heavy atom. The zero-order chi connectivity index (χ0) is 16.2. The number of ketones is 1. The average molecular weight is 311 g/mol. The summed E-state index contributed by atoms with van der Waals surface area (Å²) in [4.78, 5) is 26.7. The van der Waals surface area contributed by atoms with Crippen LogP contribution in [0.15, 0.2) is 0 Å². The molecule has 2 unspecified atom stereocenters. The Bertz CT molecular complexity index is 396. The first-order chi connectivity index (χ1) is 10.4. The zero-order valence-corrected chi connectivity index (χ0v) is 14.1. The lowest BCUT2D eigenvalue weighted by atomic mass is 9.95. The Labute approximate surface area is 133 Å². The van der Waals surface area contributed by atoms with Gasteiger partial charge in [0.05, 0.1) is 6.61 Å². The standard InChI is InChI=1S/C17H29NO4/c1-17(2,3)22-16(20)18-9-6-4-5-7-14(18)11-15(19)13-8-10-21-12-13/h13-14H,4-12H2,1-3H3. The number of hydrogen-bond donors (Lipinski definition) is 0. The molecule has 5 nitrogen and oxygen atoms in total. The maximum Gasteiger partial charge on any atom is 0.410 e. The highest BCUT2D eigenvalue weighted by atomic mass is 16.6. The third-order valence-electron chi connectivity index (χ3n) is 4.33. The van der Waals surface area contributed by atoms with Gasteiger partial charge in [-0.05, 0) is 40.0 Å². The van der Waals surface area contributed by atoms with Crippen molar-refractivity contribution in [3.8, 4) is 0 Å². The van der Waals surface area contributed by atoms with Crippen molar-refractivity contribution in [1.82, 2.24) is 4.90 Å². The lowest BCUT2D eigenvalue weighted by Crippen LogP contribution is -2.44. The Hall–Kier alpha value is -1.10. The van der Waals surface area contributed by atoms with E-state index in [4.69, 9.17) is 9.47 Å². The lowest BCUT2D eigenvalue weighted by Gasteiger charge is -2.32. The molecule has 2 saturated heterocycles. The molecule has 2 fully saturated rings. The zero-order valence-electron chi connectivity index (χ0n) is 14.1. The quantitative estimate of drug-likeness (QED) is 0.803. The molecule has 0 aliphatic carbocycles. The van der Waals surface area contributed by atoms with Crippen LogP contribution in [0.25, 0.3) is 0 Å². The molecule has 0 bridgehead atoms. The molecule has 1 amide bonds. The average Bonchev–Trinajstić information content (AvgIpc) is 2.84. The molecular formula is C17H29NO4. The van der Waals surface area contributed by atoms with Crippen LogP contribution in [0, 0.1) is 5.92 Å². The van der Waals surface area contributed by atoms with E-state index in [1.165, 1.54) is 0 Å². The number of ether oxygens (including phenoxy) is 2. The van der Waals surface area contributed by atoms with Gasteiger partial charge >= 0.3 is 6.09 Å². The van der Waals surface area contributed by atoms with Gasteiger partial charge < -0.3 is 14.4 Å². The molecule has 0 radical (unpaired) electrons. The number of rotatable bonds is 3. The molecule has 22 heavy (non-hydrogen) atoms. The van der Waals surface area contributed by atoms with Crippen molar-refractivity contribution in [3.63, 3.8) is 0 Å². The number of nitrogens with zero attached hydrogens (tertiary/aromatic N) is 1. The maximum absolute atomic E-state index is 12.4. The molecule has 2 aliphatic heterocycles. The molecule has 5 heteroatoms. The number of likely N-dealkylation sites (tertiary alicyclic amines) is 1. The number of carbonyl (C=O) groups is 2. The monoisotopic (exact) mass is 311 g/mol. The largest absolute Gasteiger partial charge is 0.444 e. The van der Waals surface area contributed by atoms with Gasteiger partial charge in [-0.25, -0.2) is 4.79 Å². The molecule has 2 aliphatic rings. The van der Waals surface area contributed by atoms with Crippen LogP contribution in [0.3, 0.4) is 0 Å². The highest BCUT2D eigenvalue weighted by molar-refractivity contribution is 5.82. The minimum Gasteiger partial charge on any atom is -0.444 e. The highest BCUT2D eigenvalue weighted by Crippen LogP contribution is 2.25. The number of Topliss-reactive ketones (excluding diaryl/α,β-unsaturated/α-hetero) is 1. The van der Waals surface area contributed by atoms with Crippen molar-refractivity contribution < 1.29 is 19.1 Å². The van der Waals surface area contributed by atoms with Gasteiger partial charge in [0.25, 0.3) is 0 Å². The minimum absolute atomic E-state index is 0.0174. The summed E-state index contributed by atoms with van der Waals surface area (Å²) in [5.41, 5.74) is -0.503. The van der Waals surface area contributed by atoms with Gasteiger partial charge in [-0.1, -0.05) is 12.8 Å². The van der Waals surface area contributed by atoms with Crippen LogP contribution in [0.5, 0.6) is 0 Å². The Kier molecular flexibility index (Phi) is 5.84. The van der Waals surface area contributed by atoms with Gasteiger partial charge in [0.15, 0.2) is 0 Å². The predicted molar refractivity (Wildman–Crippen MR) is 83.7 cm³/mol. The lowest BCUT2D eigenvalue weighted by molar-refractivity contribution is -0.124. The Morgan fingerprint density at radius 2 is 1.95 bits per heavy atom. The van der Waals surface area contributed by atoms with Crippen molar-refractivity contribution in [2.45, 2.75) is 70.9 Å². The number of amides is 1. The molecule has 0 N–H and O–H groups in total. The van der Waals surface area contributed by atoms with Crippen LogP contribution in [-0.4, -0.2) is 48.2 Å². The van der Waals surface area contributed by atoms with Gasteiger partial charge in [-0.2, -0.15) is 0 Å². The summed E-state index contributed by atoms with van der Waals surface area (Å²) in [6, 6.07) is -0.0227. The Morgan fingerprint density at radius 3 is 2.59 bits per heavy atom. The van der Waals surface area contributed by atoms with Crippen LogP contribution in [0.2, 0.25) is 0 Å². The van der Waals surface area contributed by atoms with Crippen molar-refractivity contribution in [3.05, 3.63) is 0 Å². The normalized spacial score (nSPS) is 26.6. The molecule has 2 atom stereocenters. The van der Waals surface area contributed by atoms with Gasteiger partial charge in [0, 0.05) is 31.5 Å². The first-order valence-corrected chi connectivity index (χ1v) is 8.47. The fourth-order valence-electron chi connectivity index (χ4n) is 3.14. The summed E-state index contributed by atoms with van der Waals surface area (Å²) in [6.07, 6.45) is 5.02. The van der Waals surface area contributed by atoms with Crippen LogP contribution in [0.4, 0.5) is 4.79 Å². The van der Waals surface area contributed by atoms with Crippen molar-refractivity contribution >= 4 is 11.9 Å². The smallest absolute Gasteiger partial charge is 0.410 e. The summed E-state index contributed by atoms with van der Waals surface area (Å²) in [7, 11) is 0. The highest BCUT2D eigenvalue weighted by Gasteiger charge is 2.33. The summed E-state index contributed by atoms with van der Waals surface area (Å²) in [5.74, 6) is 0.252. The molecule has 0 spiro atoms. The van der Waals surface area contributed by atoms with Gasteiger partial charge in [-0.15, -0.1) is 0 Å². The number of carbonyl (C=O) groups excluding carboxylic acids is 2. The van der Waals surface area contributed by atoms with Crippen LogP contribution in [-0.2, 0) is 14.3 Å². The molecule has 2 rings (SSSR count). The van der Waals surface area contributed by atoms with Crippen LogP contribution in [0.1, 0.15) is 59.3 Å². The van der Waals surface area contributed by atoms with E-state index in [2.05, 4.69) is 0 Å². The predicted octanol–water partition coefficient (Wildman–Crippen LogP) is 3.16. The van der Waals surface area contributed by atoms with E-state index >= 15 is 0 Å². The second-order valence-electron chi connectivity index (χ2n) is 7.41. The fourth-order valence-corrected chi connectivity index (χ4v) is 3.14. The molecular weight excluding hydrogens is 282 g/mol. The minimum atomic E-state index is -0.503. The first kappa shape index (κ1) is 17.3. The molecule has 0 saturated carbocycles. The van der Waals surface area contributed by atoms with Gasteiger partial charge in [0.2, 0.25) is 0 Å². The summed E-state index contributed by atoms with van der Waals surface area (Å²) in [5, 5.41) is 0. The van der Waals surface area contributed by atoms with E-state index in [1.54, 1.807) is 4.90 Å². The fraction of sp³-hybridized carbons (Fsp3) is 0.882. The van der Waals surface area contributed by atoms with Crippen LogP contribution < -0.4 is 0 Å². The summed E-state index contributed by atoms with van der Waals surface area (Å²) >= 11 is 0. The van der Waals surface area contributed by atoms with Crippen LogP contribution >= 0.6 is 0 Å². The first-order valence-electron chi connectivity index (χ1n) is 8.47. The molecule has 0 aromatic rings. The molecule has 2 heterocycles. The van der Waals surface area contributed by atoms with E-state index in [1.807, 2.05) is 20.8 Å². The van der Waals surface area contributed by atoms with Crippen molar-refractivity contribution in [2.24, 2.45) is 5.92 Å². The topological polar surface area (TPSA) is 55.8 Å².